The number of alkyl halides is 3. The van der Waals surface area contributed by atoms with Crippen molar-refractivity contribution < 1.29 is 13.2 Å². The van der Waals surface area contributed by atoms with Crippen LogP contribution in [0.25, 0.3) is 11.0 Å². The molecule has 7 heteroatoms. The van der Waals surface area contributed by atoms with Crippen LogP contribution in [0.5, 0.6) is 0 Å². The molecule has 0 aromatic carbocycles. The van der Waals surface area contributed by atoms with Crippen molar-refractivity contribution in [2.24, 2.45) is 0 Å². The molecule has 2 nitrogen and oxygen atoms in total. The number of nitrogens with one attached hydrogen (secondary N) is 1. The highest BCUT2D eigenvalue weighted by atomic mass is 127. The fourth-order valence-corrected chi connectivity index (χ4v) is 2.41. The van der Waals surface area contributed by atoms with E-state index < -0.39 is 11.7 Å². The lowest BCUT2D eigenvalue weighted by Crippen LogP contribution is -2.06. The van der Waals surface area contributed by atoms with Crippen molar-refractivity contribution in [3.63, 3.8) is 0 Å². The van der Waals surface area contributed by atoms with Gasteiger partial charge in [0.25, 0.3) is 0 Å². The number of aromatic nitrogens is 2. The molecular formula is C8H3ClF3IN2. The van der Waals surface area contributed by atoms with Crippen LogP contribution < -0.4 is 0 Å². The summed E-state index contributed by atoms with van der Waals surface area (Å²) in [6.07, 6.45) is -2.18. The molecule has 0 bridgehead atoms. The molecule has 0 unspecified atom stereocenters. The maximum atomic E-state index is 12.5. The number of hydrogen-bond donors (Lipinski definition) is 1. The zero-order chi connectivity index (χ0) is 11.2. The average Bonchev–Trinajstić information content (AvgIpc) is 2.46. The Morgan fingerprint density at radius 3 is 2.67 bits per heavy atom. The second kappa shape index (κ2) is 3.51. The quantitative estimate of drug-likeness (QED) is 0.722. The van der Waals surface area contributed by atoms with Crippen LogP contribution >= 0.6 is 34.2 Å². The lowest BCUT2D eigenvalue weighted by Gasteiger charge is -2.08. The van der Waals surface area contributed by atoms with Gasteiger partial charge in [-0.2, -0.15) is 13.2 Å². The van der Waals surface area contributed by atoms with Crippen molar-refractivity contribution >= 4 is 45.2 Å². The molecule has 2 rings (SSSR count). The zero-order valence-electron chi connectivity index (χ0n) is 6.99. The first kappa shape index (κ1) is 11.0. The molecule has 0 saturated heterocycles. The van der Waals surface area contributed by atoms with E-state index in [1.54, 1.807) is 6.20 Å². The first-order valence-electron chi connectivity index (χ1n) is 3.79. The summed E-state index contributed by atoms with van der Waals surface area (Å²) in [5, 5.41) is 0.00485. The third-order valence-electron chi connectivity index (χ3n) is 1.90. The molecule has 15 heavy (non-hydrogen) atoms. The van der Waals surface area contributed by atoms with E-state index in [0.29, 0.717) is 14.6 Å². The maximum Gasteiger partial charge on any atom is 0.419 e. The lowest BCUT2D eigenvalue weighted by molar-refractivity contribution is -0.137. The van der Waals surface area contributed by atoms with Crippen molar-refractivity contribution in [1.29, 1.82) is 0 Å². The number of halogens is 5. The van der Waals surface area contributed by atoms with E-state index in [0.717, 1.165) is 6.20 Å². The highest BCUT2D eigenvalue weighted by molar-refractivity contribution is 14.1. The predicted molar refractivity (Wildman–Crippen MR) is 58.8 cm³/mol. The van der Waals surface area contributed by atoms with E-state index in [-0.39, 0.29) is 5.02 Å². The normalized spacial score (nSPS) is 12.3. The fraction of sp³-hybridized carbons (Fsp3) is 0.125. The average molecular weight is 346 g/mol. The van der Waals surface area contributed by atoms with Gasteiger partial charge in [-0.3, -0.25) is 0 Å². The molecular weight excluding hydrogens is 343 g/mol. The van der Waals surface area contributed by atoms with Crippen LogP contribution in [-0.2, 0) is 6.18 Å². The van der Waals surface area contributed by atoms with Crippen molar-refractivity contribution in [2.75, 3.05) is 0 Å². The lowest BCUT2D eigenvalue weighted by atomic mass is 10.2. The van der Waals surface area contributed by atoms with Crippen LogP contribution in [0.15, 0.2) is 12.4 Å². The van der Waals surface area contributed by atoms with Crippen LogP contribution in [0, 0.1) is 3.57 Å². The Morgan fingerprint density at radius 2 is 2.07 bits per heavy atom. The summed E-state index contributed by atoms with van der Waals surface area (Å²) in [6, 6.07) is 0. The third-order valence-corrected chi connectivity index (χ3v) is 3.14. The molecule has 80 valence electrons. The molecule has 0 aliphatic carbocycles. The zero-order valence-corrected chi connectivity index (χ0v) is 9.91. The fourth-order valence-electron chi connectivity index (χ4n) is 1.22. The first-order valence-corrected chi connectivity index (χ1v) is 5.25. The molecule has 0 aliphatic rings. The van der Waals surface area contributed by atoms with Crippen LogP contribution in [0.3, 0.4) is 0 Å². The summed E-state index contributed by atoms with van der Waals surface area (Å²) < 4.78 is 38.0. The van der Waals surface area contributed by atoms with E-state index in [1.807, 2.05) is 22.6 Å². The Labute approximate surface area is 101 Å². The highest BCUT2D eigenvalue weighted by Gasteiger charge is 2.34. The molecule has 0 amide bonds. The Morgan fingerprint density at radius 1 is 1.40 bits per heavy atom. The summed E-state index contributed by atoms with van der Waals surface area (Å²) in [4.78, 5) is 6.40. The van der Waals surface area contributed by atoms with Crippen LogP contribution in [0.2, 0.25) is 5.02 Å². The van der Waals surface area contributed by atoms with E-state index in [4.69, 9.17) is 11.6 Å². The van der Waals surface area contributed by atoms with Crippen molar-refractivity contribution in [3.8, 4) is 0 Å². The second-order valence-electron chi connectivity index (χ2n) is 2.84. The molecule has 2 heterocycles. The summed E-state index contributed by atoms with van der Waals surface area (Å²) >= 11 is 7.59. The summed E-state index contributed by atoms with van der Waals surface area (Å²) in [6.45, 7) is 0. The SMILES string of the molecule is FC(F)(F)c1cnc2[nH]cc(I)c2c1Cl. The number of aromatic amines is 1. The number of H-pyrrole nitrogens is 1. The van der Waals surface area contributed by atoms with Gasteiger partial charge in [-0.25, -0.2) is 4.98 Å². The number of pyridine rings is 1. The second-order valence-corrected chi connectivity index (χ2v) is 4.38. The minimum atomic E-state index is -4.47. The predicted octanol–water partition coefficient (Wildman–Crippen LogP) is 3.84. The smallest absolute Gasteiger partial charge is 0.345 e. The topological polar surface area (TPSA) is 28.7 Å². The van der Waals surface area contributed by atoms with Crippen LogP contribution in [0.1, 0.15) is 5.56 Å². The van der Waals surface area contributed by atoms with E-state index in [9.17, 15) is 13.2 Å². The standard InChI is InChI=1S/C8H3ClF3IN2/c9-6-3(8(10,11)12)1-14-7-5(6)4(13)2-15-7/h1-2H,(H,14,15). The Bertz CT molecular complexity index is 520. The van der Waals surface area contributed by atoms with Crippen molar-refractivity contribution in [3.05, 3.63) is 26.5 Å². The summed E-state index contributed by atoms with van der Waals surface area (Å²) in [5.74, 6) is 0. The largest absolute Gasteiger partial charge is 0.419 e. The van der Waals surface area contributed by atoms with Gasteiger partial charge in [-0.15, -0.1) is 0 Å². The third kappa shape index (κ3) is 1.80. The van der Waals surface area contributed by atoms with Gasteiger partial charge in [0.2, 0.25) is 0 Å². The van der Waals surface area contributed by atoms with Gasteiger partial charge in [0.1, 0.15) is 5.65 Å². The molecule has 0 fully saturated rings. The Hall–Kier alpha value is -0.500. The van der Waals surface area contributed by atoms with Crippen molar-refractivity contribution in [2.45, 2.75) is 6.18 Å². The van der Waals surface area contributed by atoms with Gasteiger partial charge in [0.15, 0.2) is 0 Å². The van der Waals surface area contributed by atoms with Crippen LogP contribution in [0.4, 0.5) is 13.2 Å². The number of rotatable bonds is 0. The minimum Gasteiger partial charge on any atom is -0.345 e. The van der Waals surface area contributed by atoms with Gasteiger partial charge in [0.05, 0.1) is 16.0 Å². The van der Waals surface area contributed by atoms with E-state index >= 15 is 0 Å². The summed E-state index contributed by atoms with van der Waals surface area (Å²) in [5.41, 5.74) is -0.549. The molecule has 0 saturated carbocycles. The number of fused-ring (bicyclic) bond motifs is 1. The van der Waals surface area contributed by atoms with E-state index in [2.05, 4.69) is 9.97 Å². The van der Waals surface area contributed by atoms with Crippen molar-refractivity contribution in [1.82, 2.24) is 9.97 Å². The monoisotopic (exact) mass is 346 g/mol. The number of hydrogen-bond acceptors (Lipinski definition) is 1. The molecule has 0 atom stereocenters. The van der Waals surface area contributed by atoms with Gasteiger partial charge in [0, 0.05) is 16.0 Å². The maximum absolute atomic E-state index is 12.5. The van der Waals surface area contributed by atoms with Gasteiger partial charge in [-0.1, -0.05) is 11.6 Å². The summed E-state index contributed by atoms with van der Waals surface area (Å²) in [7, 11) is 0. The highest BCUT2D eigenvalue weighted by Crippen LogP contribution is 2.38. The Kier molecular flexibility index (Phi) is 2.58. The first-order chi connectivity index (χ1) is 6.91. The number of nitrogens with zero attached hydrogens (tertiary/aromatic N) is 1. The van der Waals surface area contributed by atoms with Gasteiger partial charge >= 0.3 is 6.18 Å². The Balaban J connectivity index is 2.80. The molecule has 2 aromatic heterocycles. The van der Waals surface area contributed by atoms with Crippen LogP contribution in [-0.4, -0.2) is 9.97 Å². The molecule has 1 N–H and O–H groups in total. The van der Waals surface area contributed by atoms with Gasteiger partial charge in [-0.05, 0) is 22.6 Å². The molecule has 0 aliphatic heterocycles. The molecule has 0 radical (unpaired) electrons. The minimum absolute atomic E-state index is 0.307. The molecule has 2 aromatic rings. The van der Waals surface area contributed by atoms with E-state index in [1.165, 1.54) is 0 Å². The van der Waals surface area contributed by atoms with Gasteiger partial charge < -0.3 is 4.98 Å². The molecule has 0 spiro atoms.